The van der Waals surface area contributed by atoms with E-state index in [4.69, 9.17) is 5.11 Å². The van der Waals surface area contributed by atoms with Crippen molar-refractivity contribution < 1.29 is 22.3 Å². The van der Waals surface area contributed by atoms with E-state index in [-0.39, 0.29) is 24.0 Å². The Morgan fingerprint density at radius 1 is 1.32 bits per heavy atom. The zero-order valence-electron chi connectivity index (χ0n) is 10.2. The number of halogens is 2. The van der Waals surface area contributed by atoms with Gasteiger partial charge in [0.1, 0.15) is 0 Å². The second-order valence-electron chi connectivity index (χ2n) is 4.81. The van der Waals surface area contributed by atoms with E-state index >= 15 is 0 Å². The summed E-state index contributed by atoms with van der Waals surface area (Å²) in [5.41, 5.74) is 0.369. The molecular weight excluding hydrogens is 276 g/mol. The van der Waals surface area contributed by atoms with Gasteiger partial charge in [0.2, 0.25) is 0 Å². The van der Waals surface area contributed by atoms with E-state index in [9.17, 15) is 17.2 Å². The van der Waals surface area contributed by atoms with Crippen molar-refractivity contribution in [2.45, 2.75) is 13.0 Å². The van der Waals surface area contributed by atoms with Gasteiger partial charge in [0.15, 0.2) is 27.2 Å². The summed E-state index contributed by atoms with van der Waals surface area (Å²) in [5, 5.41) is 11.9. The quantitative estimate of drug-likeness (QED) is 0.874. The predicted molar refractivity (Wildman–Crippen MR) is 66.5 cm³/mol. The molecule has 1 aromatic carbocycles. The van der Waals surface area contributed by atoms with Gasteiger partial charge in [-0.25, -0.2) is 17.2 Å². The molecule has 19 heavy (non-hydrogen) atoms. The first-order valence-corrected chi connectivity index (χ1v) is 7.77. The lowest BCUT2D eigenvalue weighted by atomic mass is 10.1. The van der Waals surface area contributed by atoms with Gasteiger partial charge in [0.25, 0.3) is 0 Å². The molecule has 1 aliphatic rings. The molecule has 1 saturated heterocycles. The summed E-state index contributed by atoms with van der Waals surface area (Å²) in [4.78, 5) is 0. The molecular formula is C12H15F2NO3S. The van der Waals surface area contributed by atoms with E-state index in [2.05, 4.69) is 5.32 Å². The minimum absolute atomic E-state index is 0.0526. The molecule has 0 aliphatic carbocycles. The third-order valence-electron chi connectivity index (χ3n) is 3.17. The normalized spacial score (nSPS) is 21.7. The van der Waals surface area contributed by atoms with Gasteiger partial charge in [0, 0.05) is 6.54 Å². The molecule has 1 aromatic rings. The minimum Gasteiger partial charge on any atom is -0.503 e. The highest BCUT2D eigenvalue weighted by Crippen LogP contribution is 2.21. The van der Waals surface area contributed by atoms with Crippen molar-refractivity contribution in [3.05, 3.63) is 29.3 Å². The lowest BCUT2D eigenvalue weighted by Crippen LogP contribution is -2.23. The Labute approximate surface area is 110 Å². The molecule has 7 heteroatoms. The van der Waals surface area contributed by atoms with Gasteiger partial charge in [-0.3, -0.25) is 0 Å². The lowest BCUT2D eigenvalue weighted by molar-refractivity contribution is 0.394. The molecule has 0 aromatic heterocycles. The second-order valence-corrected chi connectivity index (χ2v) is 7.04. The van der Waals surface area contributed by atoms with Gasteiger partial charge in [-0.2, -0.15) is 0 Å². The number of sulfone groups is 1. The molecule has 0 amide bonds. The fourth-order valence-corrected chi connectivity index (χ4v) is 4.04. The molecule has 0 saturated carbocycles. The average molecular weight is 291 g/mol. The number of aromatic hydroxyl groups is 1. The van der Waals surface area contributed by atoms with E-state index in [1.807, 2.05) is 0 Å². The third-order valence-corrected chi connectivity index (χ3v) is 5.00. The van der Waals surface area contributed by atoms with Gasteiger partial charge in [0.05, 0.1) is 11.5 Å². The zero-order chi connectivity index (χ0) is 14.0. The maximum absolute atomic E-state index is 13.1. The predicted octanol–water partition coefficient (Wildman–Crippen LogP) is 1.19. The van der Waals surface area contributed by atoms with E-state index in [0.29, 0.717) is 18.5 Å². The highest BCUT2D eigenvalue weighted by Gasteiger charge is 2.27. The molecule has 2 rings (SSSR count). The summed E-state index contributed by atoms with van der Waals surface area (Å²) < 4.78 is 48.6. The van der Waals surface area contributed by atoms with Crippen molar-refractivity contribution in [3.8, 4) is 5.75 Å². The highest BCUT2D eigenvalue weighted by molar-refractivity contribution is 7.91. The lowest BCUT2D eigenvalue weighted by Gasteiger charge is -2.10. The highest BCUT2D eigenvalue weighted by atomic mass is 32.2. The first-order valence-electron chi connectivity index (χ1n) is 5.95. The largest absolute Gasteiger partial charge is 0.503 e. The molecule has 1 unspecified atom stereocenters. The van der Waals surface area contributed by atoms with Crippen LogP contribution < -0.4 is 5.32 Å². The van der Waals surface area contributed by atoms with Gasteiger partial charge in [-0.15, -0.1) is 0 Å². The first-order chi connectivity index (χ1) is 8.87. The maximum atomic E-state index is 13.1. The average Bonchev–Trinajstić information content (AvgIpc) is 2.66. The summed E-state index contributed by atoms with van der Waals surface area (Å²) in [6.45, 7) is 0.716. The van der Waals surface area contributed by atoms with Crippen LogP contribution in [0.1, 0.15) is 12.0 Å². The van der Waals surface area contributed by atoms with Crippen molar-refractivity contribution in [1.29, 1.82) is 0 Å². The van der Waals surface area contributed by atoms with Crippen LogP contribution in [-0.2, 0) is 16.4 Å². The standard InChI is InChI=1S/C12H15F2NO3S/c13-10-3-9(4-11(14)12(10)16)6-15-5-8-1-2-19(17,18)7-8/h3-4,8,15-16H,1-2,5-7H2. The van der Waals surface area contributed by atoms with Crippen molar-refractivity contribution in [2.24, 2.45) is 5.92 Å². The van der Waals surface area contributed by atoms with Crippen LogP contribution >= 0.6 is 0 Å². The van der Waals surface area contributed by atoms with Crippen LogP contribution in [0, 0.1) is 17.6 Å². The van der Waals surface area contributed by atoms with Crippen molar-refractivity contribution in [3.63, 3.8) is 0 Å². The minimum atomic E-state index is -2.90. The fraction of sp³-hybridized carbons (Fsp3) is 0.500. The van der Waals surface area contributed by atoms with Crippen LogP contribution in [-0.4, -0.2) is 31.6 Å². The first kappa shape index (κ1) is 14.2. The third kappa shape index (κ3) is 3.63. The molecule has 106 valence electrons. The fourth-order valence-electron chi connectivity index (χ4n) is 2.17. The molecule has 0 bridgehead atoms. The van der Waals surface area contributed by atoms with Crippen LogP contribution in [0.3, 0.4) is 0 Å². The van der Waals surface area contributed by atoms with Crippen molar-refractivity contribution in [2.75, 3.05) is 18.1 Å². The number of rotatable bonds is 4. The molecule has 2 N–H and O–H groups in total. The molecule has 1 heterocycles. The van der Waals surface area contributed by atoms with E-state index in [1.54, 1.807) is 0 Å². The SMILES string of the molecule is O=S1(=O)CCC(CNCc2cc(F)c(O)c(F)c2)C1. The van der Waals surface area contributed by atoms with Gasteiger partial charge in [-0.1, -0.05) is 0 Å². The Hall–Kier alpha value is -1.21. The van der Waals surface area contributed by atoms with Crippen LogP contribution in [0.5, 0.6) is 5.75 Å². The summed E-state index contributed by atoms with van der Waals surface area (Å²) in [5.74, 6) is -2.55. The number of phenolic OH excluding ortho intramolecular Hbond substituents is 1. The molecule has 0 spiro atoms. The van der Waals surface area contributed by atoms with E-state index in [0.717, 1.165) is 12.1 Å². The Kier molecular flexibility index (Phi) is 4.05. The van der Waals surface area contributed by atoms with Crippen LogP contribution in [0.25, 0.3) is 0 Å². The zero-order valence-corrected chi connectivity index (χ0v) is 11.0. The van der Waals surface area contributed by atoms with Gasteiger partial charge < -0.3 is 10.4 Å². The topological polar surface area (TPSA) is 66.4 Å². The number of hydrogen-bond acceptors (Lipinski definition) is 4. The summed E-state index contributed by atoms with van der Waals surface area (Å²) in [6, 6.07) is 2.10. The summed E-state index contributed by atoms with van der Waals surface area (Å²) >= 11 is 0. The van der Waals surface area contributed by atoms with Gasteiger partial charge in [-0.05, 0) is 36.6 Å². The summed E-state index contributed by atoms with van der Waals surface area (Å²) in [6.07, 6.45) is 0.619. The van der Waals surface area contributed by atoms with Crippen molar-refractivity contribution >= 4 is 9.84 Å². The van der Waals surface area contributed by atoms with Crippen LogP contribution in [0.15, 0.2) is 12.1 Å². The number of hydrogen-bond donors (Lipinski definition) is 2. The summed E-state index contributed by atoms with van der Waals surface area (Å²) in [7, 11) is -2.90. The Morgan fingerprint density at radius 2 is 1.95 bits per heavy atom. The molecule has 1 fully saturated rings. The smallest absolute Gasteiger partial charge is 0.187 e. The second kappa shape index (κ2) is 5.42. The Bertz CT molecular complexity index is 551. The van der Waals surface area contributed by atoms with E-state index in [1.165, 1.54) is 0 Å². The van der Waals surface area contributed by atoms with Crippen molar-refractivity contribution in [1.82, 2.24) is 5.32 Å². The molecule has 1 aliphatic heterocycles. The number of phenols is 1. The number of benzene rings is 1. The monoisotopic (exact) mass is 291 g/mol. The number of nitrogens with one attached hydrogen (secondary N) is 1. The molecule has 1 atom stereocenters. The Morgan fingerprint density at radius 3 is 2.47 bits per heavy atom. The maximum Gasteiger partial charge on any atom is 0.187 e. The molecule has 4 nitrogen and oxygen atoms in total. The van der Waals surface area contributed by atoms with Crippen LogP contribution in [0.2, 0.25) is 0 Å². The van der Waals surface area contributed by atoms with Crippen LogP contribution in [0.4, 0.5) is 8.78 Å². The Balaban J connectivity index is 1.87. The van der Waals surface area contributed by atoms with E-state index < -0.39 is 27.2 Å². The molecule has 0 radical (unpaired) electrons. The van der Waals surface area contributed by atoms with Gasteiger partial charge >= 0.3 is 0 Å².